The highest BCUT2D eigenvalue weighted by Crippen LogP contribution is 2.40. The second-order valence-electron chi connectivity index (χ2n) is 5.95. The Kier molecular flexibility index (Phi) is 4.69. The quantitative estimate of drug-likeness (QED) is 0.808. The Morgan fingerprint density at radius 1 is 1.08 bits per heavy atom. The van der Waals surface area contributed by atoms with Crippen LogP contribution in [-0.2, 0) is 16.4 Å². The minimum absolute atomic E-state index is 0.150. The van der Waals surface area contributed by atoms with E-state index in [0.29, 0.717) is 17.9 Å². The van der Waals surface area contributed by atoms with E-state index in [-0.39, 0.29) is 17.0 Å². The maximum atomic E-state index is 12.3. The van der Waals surface area contributed by atoms with Gasteiger partial charge in [0, 0.05) is 6.54 Å². The Bertz CT molecular complexity index is 840. The number of hydrogen-bond acceptors (Lipinski definition) is 3. The molecule has 1 aliphatic carbocycles. The molecule has 24 heavy (non-hydrogen) atoms. The Morgan fingerprint density at radius 3 is 2.38 bits per heavy atom. The van der Waals surface area contributed by atoms with Gasteiger partial charge in [-0.2, -0.15) is 0 Å². The fraction of sp³-hybridized carbons (Fsp3) is 0.278. The van der Waals surface area contributed by atoms with Crippen LogP contribution in [0.1, 0.15) is 40.2 Å². The number of rotatable bonds is 7. The van der Waals surface area contributed by atoms with Gasteiger partial charge in [-0.3, -0.25) is 0 Å². The molecule has 5 nitrogen and oxygen atoms in total. The maximum Gasteiger partial charge on any atom is 0.335 e. The van der Waals surface area contributed by atoms with Crippen molar-refractivity contribution in [2.75, 3.05) is 6.54 Å². The summed E-state index contributed by atoms with van der Waals surface area (Å²) in [4.78, 5) is 11.4. The first-order valence-electron chi connectivity index (χ1n) is 7.88. The van der Waals surface area contributed by atoms with Crippen molar-refractivity contribution >= 4 is 16.0 Å². The molecule has 1 aliphatic rings. The third-order valence-corrected chi connectivity index (χ3v) is 5.65. The highest BCUT2D eigenvalue weighted by atomic mass is 32.2. The largest absolute Gasteiger partial charge is 0.478 e. The summed E-state index contributed by atoms with van der Waals surface area (Å²) in [5.41, 5.74) is 1.99. The van der Waals surface area contributed by atoms with Gasteiger partial charge < -0.3 is 5.11 Å². The summed E-state index contributed by atoms with van der Waals surface area (Å²) in [5.74, 6) is -0.425. The number of carboxylic acid groups (broad SMARTS) is 1. The third kappa shape index (κ3) is 3.83. The predicted octanol–water partition coefficient (Wildman–Crippen LogP) is 2.78. The zero-order valence-corrected chi connectivity index (χ0v) is 13.9. The van der Waals surface area contributed by atoms with E-state index in [1.54, 1.807) is 30.3 Å². The highest BCUT2D eigenvalue weighted by Gasteiger charge is 2.24. The molecule has 0 amide bonds. The molecule has 6 heteroatoms. The fourth-order valence-corrected chi connectivity index (χ4v) is 3.72. The zero-order valence-electron chi connectivity index (χ0n) is 13.1. The van der Waals surface area contributed by atoms with Crippen LogP contribution < -0.4 is 4.72 Å². The van der Waals surface area contributed by atoms with E-state index in [9.17, 15) is 13.2 Å². The summed E-state index contributed by atoms with van der Waals surface area (Å²) in [6.07, 6.45) is 2.67. The summed E-state index contributed by atoms with van der Waals surface area (Å²) in [6, 6.07) is 13.6. The van der Waals surface area contributed by atoms with Crippen molar-refractivity contribution in [1.82, 2.24) is 4.72 Å². The molecule has 0 unspecified atom stereocenters. The van der Waals surface area contributed by atoms with Crippen molar-refractivity contribution < 1.29 is 18.3 Å². The van der Waals surface area contributed by atoms with Crippen LogP contribution in [0.5, 0.6) is 0 Å². The molecule has 126 valence electrons. The lowest BCUT2D eigenvalue weighted by molar-refractivity contribution is 0.0695. The van der Waals surface area contributed by atoms with Gasteiger partial charge in [0.05, 0.1) is 10.5 Å². The molecule has 0 spiro atoms. The number of hydrogen-bond donors (Lipinski definition) is 2. The predicted molar refractivity (Wildman–Crippen MR) is 90.7 cm³/mol. The number of sulfonamides is 1. The second-order valence-corrected chi connectivity index (χ2v) is 7.72. The molecule has 1 fully saturated rings. The first-order valence-corrected chi connectivity index (χ1v) is 9.36. The summed E-state index contributed by atoms with van der Waals surface area (Å²) >= 11 is 0. The molecule has 0 heterocycles. The van der Waals surface area contributed by atoms with E-state index in [0.717, 1.165) is 0 Å². The van der Waals surface area contributed by atoms with Gasteiger partial charge in [-0.1, -0.05) is 30.3 Å². The van der Waals surface area contributed by atoms with E-state index < -0.39 is 16.0 Å². The molecule has 1 saturated carbocycles. The van der Waals surface area contributed by atoms with Crippen molar-refractivity contribution in [2.45, 2.75) is 30.1 Å². The SMILES string of the molecule is O=C(O)c1ccccc1CCNS(=O)(=O)c1ccc(C2CC2)cc1. The first-order chi connectivity index (χ1) is 11.5. The van der Waals surface area contributed by atoms with Gasteiger partial charge >= 0.3 is 5.97 Å². The van der Waals surface area contributed by atoms with Crippen molar-refractivity contribution in [1.29, 1.82) is 0 Å². The van der Waals surface area contributed by atoms with Gasteiger partial charge in [-0.25, -0.2) is 17.9 Å². The normalized spacial score (nSPS) is 14.5. The van der Waals surface area contributed by atoms with Crippen molar-refractivity contribution in [3.05, 3.63) is 65.2 Å². The zero-order chi connectivity index (χ0) is 17.2. The molecule has 0 bridgehead atoms. The fourth-order valence-electron chi connectivity index (χ4n) is 2.69. The summed E-state index contributed by atoms with van der Waals surface area (Å²) in [5, 5.41) is 9.14. The van der Waals surface area contributed by atoms with Crippen LogP contribution in [0.3, 0.4) is 0 Å². The Morgan fingerprint density at radius 2 is 1.75 bits per heavy atom. The summed E-state index contributed by atoms with van der Waals surface area (Å²) < 4.78 is 27.2. The second kappa shape index (κ2) is 6.75. The topological polar surface area (TPSA) is 83.5 Å². The first kappa shape index (κ1) is 16.7. The molecule has 3 rings (SSSR count). The number of benzene rings is 2. The van der Waals surface area contributed by atoms with E-state index in [1.807, 2.05) is 12.1 Å². The van der Waals surface area contributed by atoms with Gasteiger partial charge in [0.1, 0.15) is 0 Å². The smallest absolute Gasteiger partial charge is 0.335 e. The van der Waals surface area contributed by atoms with Gasteiger partial charge in [0.2, 0.25) is 10.0 Å². The van der Waals surface area contributed by atoms with E-state index in [1.165, 1.54) is 24.5 Å². The van der Waals surface area contributed by atoms with Crippen LogP contribution in [0, 0.1) is 0 Å². The molecule has 0 radical (unpaired) electrons. The maximum absolute atomic E-state index is 12.3. The highest BCUT2D eigenvalue weighted by molar-refractivity contribution is 7.89. The molecular formula is C18H19NO4S. The van der Waals surface area contributed by atoms with Crippen LogP contribution >= 0.6 is 0 Å². The van der Waals surface area contributed by atoms with Gasteiger partial charge in [0.15, 0.2) is 0 Å². The number of nitrogens with one attached hydrogen (secondary N) is 1. The van der Waals surface area contributed by atoms with Crippen LogP contribution in [0.25, 0.3) is 0 Å². The van der Waals surface area contributed by atoms with Gasteiger partial charge in [0.25, 0.3) is 0 Å². The molecule has 0 saturated heterocycles. The van der Waals surface area contributed by atoms with Gasteiger partial charge in [-0.15, -0.1) is 0 Å². The lowest BCUT2D eigenvalue weighted by atomic mass is 10.1. The third-order valence-electron chi connectivity index (χ3n) is 4.17. The number of carbonyl (C=O) groups is 1. The molecule has 2 aromatic rings. The Hall–Kier alpha value is -2.18. The lowest BCUT2D eigenvalue weighted by Gasteiger charge is -2.09. The van der Waals surface area contributed by atoms with Crippen molar-refractivity contribution in [3.8, 4) is 0 Å². The number of aromatic carboxylic acids is 1. The minimum Gasteiger partial charge on any atom is -0.478 e. The average molecular weight is 345 g/mol. The lowest BCUT2D eigenvalue weighted by Crippen LogP contribution is -2.26. The molecule has 2 aromatic carbocycles. The van der Waals surface area contributed by atoms with Crippen LogP contribution in [0.4, 0.5) is 0 Å². The monoisotopic (exact) mass is 345 g/mol. The van der Waals surface area contributed by atoms with Crippen LogP contribution in [0.15, 0.2) is 53.4 Å². The molecule has 0 atom stereocenters. The van der Waals surface area contributed by atoms with Crippen LogP contribution in [0.2, 0.25) is 0 Å². The molecule has 2 N–H and O–H groups in total. The molecular weight excluding hydrogens is 326 g/mol. The van der Waals surface area contributed by atoms with Crippen molar-refractivity contribution in [3.63, 3.8) is 0 Å². The summed E-state index contributed by atoms with van der Waals surface area (Å²) in [7, 11) is -3.58. The molecule has 0 aromatic heterocycles. The van der Waals surface area contributed by atoms with Crippen LogP contribution in [-0.4, -0.2) is 26.0 Å². The summed E-state index contributed by atoms with van der Waals surface area (Å²) in [6.45, 7) is 0.150. The minimum atomic E-state index is -3.58. The van der Waals surface area contributed by atoms with E-state index in [4.69, 9.17) is 5.11 Å². The van der Waals surface area contributed by atoms with Gasteiger partial charge in [-0.05, 0) is 54.5 Å². The Labute approximate surface area is 141 Å². The van der Waals surface area contributed by atoms with E-state index >= 15 is 0 Å². The standard InChI is InChI=1S/C18H19NO4S/c20-18(21)17-4-2-1-3-15(17)11-12-19-24(22,23)16-9-7-14(8-10-16)13-5-6-13/h1-4,7-10,13,19H,5-6,11-12H2,(H,20,21). The molecule has 0 aliphatic heterocycles. The number of carboxylic acids is 1. The van der Waals surface area contributed by atoms with Crippen molar-refractivity contribution in [2.24, 2.45) is 0 Å². The van der Waals surface area contributed by atoms with E-state index in [2.05, 4.69) is 4.72 Å². The average Bonchev–Trinajstić information content (AvgIpc) is 3.40. The Balaban J connectivity index is 1.64.